The summed E-state index contributed by atoms with van der Waals surface area (Å²) in [5.41, 5.74) is 2.61. The normalized spacial score (nSPS) is 21.7. The van der Waals surface area contributed by atoms with Crippen molar-refractivity contribution in [2.24, 2.45) is 11.8 Å². The highest BCUT2D eigenvalue weighted by molar-refractivity contribution is 5.47. The third-order valence-electron chi connectivity index (χ3n) is 6.30. The van der Waals surface area contributed by atoms with E-state index in [4.69, 9.17) is 4.98 Å². The number of pyridine rings is 1. The number of anilines is 1. The van der Waals surface area contributed by atoms with E-state index in [1.807, 2.05) is 31.6 Å². The van der Waals surface area contributed by atoms with Crippen molar-refractivity contribution < 1.29 is 0 Å². The van der Waals surface area contributed by atoms with Crippen molar-refractivity contribution in [3.63, 3.8) is 0 Å². The molecule has 2 fully saturated rings. The molecule has 0 radical (unpaired) electrons. The van der Waals surface area contributed by atoms with Gasteiger partial charge in [-0.1, -0.05) is 13.0 Å². The van der Waals surface area contributed by atoms with Gasteiger partial charge in [0.05, 0.1) is 0 Å². The van der Waals surface area contributed by atoms with Crippen molar-refractivity contribution in [3.05, 3.63) is 47.7 Å². The summed E-state index contributed by atoms with van der Waals surface area (Å²) in [4.78, 5) is 18.5. The van der Waals surface area contributed by atoms with Crippen molar-refractivity contribution in [3.8, 4) is 0 Å². The number of rotatable bonds is 5. The summed E-state index contributed by atoms with van der Waals surface area (Å²) < 4.78 is 0. The third-order valence-corrected chi connectivity index (χ3v) is 6.30. The molecule has 0 bridgehead atoms. The first-order valence-electron chi connectivity index (χ1n) is 10.4. The largest absolute Gasteiger partial charge is 0.356 e. The fraction of sp³-hybridized carbons (Fsp3) is 0.591. The fourth-order valence-corrected chi connectivity index (χ4v) is 4.70. The van der Waals surface area contributed by atoms with Gasteiger partial charge < -0.3 is 4.90 Å². The third kappa shape index (κ3) is 4.29. The molecule has 5 heteroatoms. The Kier molecular flexibility index (Phi) is 5.67. The first-order valence-corrected chi connectivity index (χ1v) is 10.4. The SMILES string of the molecule is CCc1cnc(C)nc1N1CC[C@H](C2CCN(Cc3cccnc3)CC2)C1. The summed E-state index contributed by atoms with van der Waals surface area (Å²) >= 11 is 0. The van der Waals surface area contributed by atoms with Gasteiger partial charge in [0.2, 0.25) is 0 Å². The van der Waals surface area contributed by atoms with E-state index >= 15 is 0 Å². The van der Waals surface area contributed by atoms with Crippen LogP contribution in [-0.4, -0.2) is 46.0 Å². The maximum absolute atomic E-state index is 4.77. The molecular weight excluding hydrogens is 334 g/mol. The lowest BCUT2D eigenvalue weighted by atomic mass is 9.83. The minimum absolute atomic E-state index is 0.811. The molecule has 0 amide bonds. The van der Waals surface area contributed by atoms with Gasteiger partial charge in [-0.05, 0) is 69.2 Å². The van der Waals surface area contributed by atoms with Crippen LogP contribution in [0.1, 0.15) is 43.1 Å². The Labute approximate surface area is 162 Å². The van der Waals surface area contributed by atoms with Crippen molar-refractivity contribution in [1.82, 2.24) is 19.9 Å². The van der Waals surface area contributed by atoms with Gasteiger partial charge in [0.1, 0.15) is 11.6 Å². The van der Waals surface area contributed by atoms with Crippen LogP contribution < -0.4 is 4.90 Å². The highest BCUT2D eigenvalue weighted by atomic mass is 15.2. The smallest absolute Gasteiger partial charge is 0.135 e. The molecule has 2 aliphatic heterocycles. The van der Waals surface area contributed by atoms with Crippen LogP contribution in [0, 0.1) is 18.8 Å². The van der Waals surface area contributed by atoms with Crippen LogP contribution in [0.15, 0.2) is 30.7 Å². The minimum atomic E-state index is 0.811. The Morgan fingerprint density at radius 1 is 1.07 bits per heavy atom. The van der Waals surface area contributed by atoms with Gasteiger partial charge in [0.15, 0.2) is 0 Å². The number of aromatic nitrogens is 3. The zero-order valence-electron chi connectivity index (χ0n) is 16.6. The van der Waals surface area contributed by atoms with Crippen LogP contribution >= 0.6 is 0 Å². The quantitative estimate of drug-likeness (QED) is 0.812. The zero-order chi connectivity index (χ0) is 18.6. The average Bonchev–Trinajstić information content (AvgIpc) is 3.19. The number of hydrogen-bond acceptors (Lipinski definition) is 5. The maximum atomic E-state index is 4.77. The number of likely N-dealkylation sites (tertiary alicyclic amines) is 1. The minimum Gasteiger partial charge on any atom is -0.356 e. The number of hydrogen-bond donors (Lipinski definition) is 0. The summed E-state index contributed by atoms with van der Waals surface area (Å²) in [6, 6.07) is 4.22. The summed E-state index contributed by atoms with van der Waals surface area (Å²) in [6.45, 7) is 9.96. The molecule has 2 aromatic rings. The molecule has 0 aromatic carbocycles. The number of piperidine rings is 1. The van der Waals surface area contributed by atoms with Crippen molar-refractivity contribution >= 4 is 5.82 Å². The van der Waals surface area contributed by atoms with E-state index in [1.165, 1.54) is 49.3 Å². The van der Waals surface area contributed by atoms with Crippen LogP contribution in [-0.2, 0) is 13.0 Å². The summed E-state index contributed by atoms with van der Waals surface area (Å²) in [7, 11) is 0. The molecule has 5 nitrogen and oxygen atoms in total. The summed E-state index contributed by atoms with van der Waals surface area (Å²) in [5, 5.41) is 0. The first kappa shape index (κ1) is 18.4. The molecule has 1 atom stereocenters. The van der Waals surface area contributed by atoms with E-state index in [-0.39, 0.29) is 0 Å². The predicted octanol–water partition coefficient (Wildman–Crippen LogP) is 3.48. The second kappa shape index (κ2) is 8.34. The van der Waals surface area contributed by atoms with Gasteiger partial charge >= 0.3 is 0 Å². The molecule has 0 aliphatic carbocycles. The van der Waals surface area contributed by atoms with Crippen LogP contribution in [0.2, 0.25) is 0 Å². The molecule has 0 unspecified atom stereocenters. The second-order valence-corrected chi connectivity index (χ2v) is 8.09. The monoisotopic (exact) mass is 365 g/mol. The number of nitrogens with zero attached hydrogens (tertiary/aromatic N) is 5. The molecule has 144 valence electrons. The Bertz CT molecular complexity index is 740. The molecule has 2 aromatic heterocycles. The maximum Gasteiger partial charge on any atom is 0.135 e. The van der Waals surface area contributed by atoms with Crippen LogP contribution in [0.3, 0.4) is 0 Å². The van der Waals surface area contributed by atoms with Gasteiger partial charge in [-0.15, -0.1) is 0 Å². The van der Waals surface area contributed by atoms with Crippen molar-refractivity contribution in [2.45, 2.75) is 46.1 Å². The Hall–Kier alpha value is -2.01. The topological polar surface area (TPSA) is 45.2 Å². The first-order chi connectivity index (χ1) is 13.2. The Balaban J connectivity index is 1.32. The second-order valence-electron chi connectivity index (χ2n) is 8.09. The fourth-order valence-electron chi connectivity index (χ4n) is 4.70. The Morgan fingerprint density at radius 3 is 2.63 bits per heavy atom. The molecule has 4 heterocycles. The molecule has 2 saturated heterocycles. The summed E-state index contributed by atoms with van der Waals surface area (Å²) in [6.07, 6.45) is 10.8. The molecule has 0 spiro atoms. The average molecular weight is 366 g/mol. The van der Waals surface area contributed by atoms with Crippen LogP contribution in [0.4, 0.5) is 5.82 Å². The van der Waals surface area contributed by atoms with Crippen molar-refractivity contribution in [2.75, 3.05) is 31.1 Å². The zero-order valence-corrected chi connectivity index (χ0v) is 16.6. The van der Waals surface area contributed by atoms with Gasteiger partial charge in [0, 0.05) is 43.8 Å². The standard InChI is InChI=1S/C22H31N5/c1-3-19-14-24-17(2)25-22(19)27-12-8-21(16-27)20-6-10-26(11-7-20)15-18-5-4-9-23-13-18/h4-5,9,13-14,20-21H,3,6-8,10-12,15-16H2,1-2H3/t21-/m0/s1. The molecule has 0 saturated carbocycles. The van der Waals surface area contributed by atoms with E-state index in [9.17, 15) is 0 Å². The predicted molar refractivity (Wildman–Crippen MR) is 109 cm³/mol. The molecule has 27 heavy (non-hydrogen) atoms. The lowest BCUT2D eigenvalue weighted by Gasteiger charge is -2.35. The van der Waals surface area contributed by atoms with Crippen LogP contribution in [0.5, 0.6) is 0 Å². The lowest BCUT2D eigenvalue weighted by molar-refractivity contribution is 0.147. The van der Waals surface area contributed by atoms with Gasteiger partial charge in [-0.2, -0.15) is 0 Å². The van der Waals surface area contributed by atoms with E-state index in [0.29, 0.717) is 0 Å². The van der Waals surface area contributed by atoms with Crippen molar-refractivity contribution in [1.29, 1.82) is 0 Å². The van der Waals surface area contributed by atoms with E-state index in [2.05, 4.69) is 32.8 Å². The van der Waals surface area contributed by atoms with E-state index < -0.39 is 0 Å². The van der Waals surface area contributed by atoms with E-state index in [1.54, 1.807) is 0 Å². The van der Waals surface area contributed by atoms with Gasteiger partial charge in [-0.25, -0.2) is 9.97 Å². The Morgan fingerprint density at radius 2 is 1.89 bits per heavy atom. The van der Waals surface area contributed by atoms with Gasteiger partial charge in [0.25, 0.3) is 0 Å². The molecule has 4 rings (SSSR count). The lowest BCUT2D eigenvalue weighted by Crippen LogP contribution is -2.36. The van der Waals surface area contributed by atoms with Crippen LogP contribution in [0.25, 0.3) is 0 Å². The molecule has 0 N–H and O–H groups in total. The summed E-state index contributed by atoms with van der Waals surface area (Å²) in [5.74, 6) is 3.73. The highest BCUT2D eigenvalue weighted by Crippen LogP contribution is 2.34. The highest BCUT2D eigenvalue weighted by Gasteiger charge is 2.33. The molecule has 2 aliphatic rings. The molecular formula is C22H31N5. The number of aryl methyl sites for hydroxylation is 2. The van der Waals surface area contributed by atoms with Gasteiger partial charge in [-0.3, -0.25) is 9.88 Å². The van der Waals surface area contributed by atoms with E-state index in [0.717, 1.165) is 43.7 Å².